The molecule has 15 rings (SSSR count). The maximum absolute atomic E-state index is 9.43. The third kappa shape index (κ3) is 8.35. The minimum absolute atomic E-state index is 0. The Balaban J connectivity index is 0.000000220. The van der Waals surface area contributed by atoms with Gasteiger partial charge in [-0.25, -0.2) is 0 Å². The Hall–Kier alpha value is -9.76. The zero-order valence-electron chi connectivity index (χ0n) is 43.2. The Morgan fingerprint density at radius 2 is 0.588 bits per heavy atom. The number of hydrogen-bond acceptors (Lipinski definition) is 2. The molecule has 0 aliphatic heterocycles. The smallest absolute Gasteiger partial charge is 0.423 e. The molecular weight excluding hydrogens is 990 g/mol. The van der Waals surface area contributed by atoms with Gasteiger partial charge in [0, 0.05) is 49.4 Å². The van der Waals surface area contributed by atoms with Crippen LogP contribution in [0, 0.1) is 0 Å². The minimum atomic E-state index is -2.89. The molecule has 3 aromatic heterocycles. The Morgan fingerprint density at radius 3 is 1.05 bits per heavy atom. The van der Waals surface area contributed by atoms with Gasteiger partial charge >= 0.3 is 7.12 Å². The summed E-state index contributed by atoms with van der Waals surface area (Å²) < 4.78 is 6.99. The summed E-state index contributed by atoms with van der Waals surface area (Å²) in [6.45, 7) is 0. The zero-order valence-corrected chi connectivity index (χ0v) is 44.2. The molecule has 0 atom stereocenters. The van der Waals surface area contributed by atoms with Crippen molar-refractivity contribution in [1.82, 2.24) is 13.7 Å². The SMILES string of the molecule is C.OB(O)c1ccc2c(c1)c1ccccc1n2-c1ccccc1.c1ccc(-n2c3ccccc3c3cc(-c4cccc([Si](c5ccccc5)(c5ccccc5)c5ccc6c(c5)c5ccccc5n6-c5ccccc5)c4)ccc32)cc1. The van der Waals surface area contributed by atoms with Crippen LogP contribution in [-0.2, 0) is 0 Å². The van der Waals surface area contributed by atoms with Gasteiger partial charge in [-0.05, 0) is 116 Å². The van der Waals surface area contributed by atoms with E-state index in [-0.39, 0.29) is 7.43 Å². The average molecular weight is 1050 g/mol. The summed E-state index contributed by atoms with van der Waals surface area (Å²) in [6, 6.07) is 109. The van der Waals surface area contributed by atoms with E-state index in [1.54, 1.807) is 6.07 Å². The van der Waals surface area contributed by atoms with Crippen molar-refractivity contribution in [2.24, 2.45) is 0 Å². The fourth-order valence-corrected chi connectivity index (χ4v) is 17.2. The summed E-state index contributed by atoms with van der Waals surface area (Å²) >= 11 is 0. The molecule has 3 heterocycles. The quantitative estimate of drug-likeness (QED) is 0.112. The van der Waals surface area contributed by atoms with E-state index < -0.39 is 15.2 Å². The van der Waals surface area contributed by atoms with E-state index in [0.717, 1.165) is 27.5 Å². The third-order valence-corrected chi connectivity index (χ3v) is 20.6. The Morgan fingerprint density at radius 1 is 0.250 bits per heavy atom. The fourth-order valence-electron chi connectivity index (χ4n) is 12.4. The highest BCUT2D eigenvalue weighted by atomic mass is 28.3. The normalized spacial score (nSPS) is 11.5. The molecule has 7 heteroatoms. The van der Waals surface area contributed by atoms with Crippen LogP contribution >= 0.6 is 0 Å². The Bertz CT molecular complexity index is 4650. The van der Waals surface area contributed by atoms with Crippen molar-refractivity contribution in [3.05, 3.63) is 303 Å². The molecular formula is C73H56BN3O2Si. The molecule has 0 bridgehead atoms. The van der Waals surface area contributed by atoms with Crippen molar-refractivity contribution >= 4 is 107 Å². The molecule has 5 nitrogen and oxygen atoms in total. The number of para-hydroxylation sites is 6. The second kappa shape index (κ2) is 20.9. The number of nitrogens with zero attached hydrogens (tertiary/aromatic N) is 3. The first-order valence-corrected chi connectivity index (χ1v) is 28.9. The van der Waals surface area contributed by atoms with Crippen LogP contribution in [-0.4, -0.2) is 38.9 Å². The Kier molecular flexibility index (Phi) is 13.0. The molecule has 12 aromatic carbocycles. The highest BCUT2D eigenvalue weighted by Crippen LogP contribution is 2.36. The monoisotopic (exact) mass is 1050 g/mol. The van der Waals surface area contributed by atoms with Crippen LogP contribution in [0.2, 0.25) is 0 Å². The Labute approximate surface area is 466 Å². The van der Waals surface area contributed by atoms with Gasteiger partial charge in [0.05, 0.1) is 33.1 Å². The predicted octanol–water partition coefficient (Wildman–Crippen LogP) is 14.0. The van der Waals surface area contributed by atoms with Crippen molar-refractivity contribution in [2.45, 2.75) is 7.43 Å². The van der Waals surface area contributed by atoms with Gasteiger partial charge in [-0.2, -0.15) is 0 Å². The molecule has 0 saturated carbocycles. The number of benzene rings is 12. The lowest BCUT2D eigenvalue weighted by Gasteiger charge is -2.35. The maximum Gasteiger partial charge on any atom is 0.488 e. The van der Waals surface area contributed by atoms with Gasteiger partial charge in [0.25, 0.3) is 0 Å². The van der Waals surface area contributed by atoms with Gasteiger partial charge in [-0.3, -0.25) is 0 Å². The maximum atomic E-state index is 9.43. The molecule has 0 aliphatic carbocycles. The van der Waals surface area contributed by atoms with Crippen molar-refractivity contribution < 1.29 is 10.0 Å². The predicted molar refractivity (Wildman–Crippen MR) is 342 cm³/mol. The number of fused-ring (bicyclic) bond motifs is 9. The van der Waals surface area contributed by atoms with Crippen molar-refractivity contribution in [1.29, 1.82) is 0 Å². The van der Waals surface area contributed by atoms with Gasteiger partial charge in [0.1, 0.15) is 0 Å². The van der Waals surface area contributed by atoms with Gasteiger partial charge in [-0.1, -0.05) is 232 Å². The molecule has 0 spiro atoms. The van der Waals surface area contributed by atoms with Crippen molar-refractivity contribution in [2.75, 3.05) is 0 Å². The van der Waals surface area contributed by atoms with E-state index in [1.807, 2.05) is 42.5 Å². The summed E-state index contributed by atoms with van der Waals surface area (Å²) in [5, 5.41) is 31.5. The molecule has 0 aliphatic rings. The van der Waals surface area contributed by atoms with Crippen LogP contribution in [0.25, 0.3) is 93.6 Å². The first-order chi connectivity index (χ1) is 39.0. The van der Waals surface area contributed by atoms with Crippen LogP contribution in [0.5, 0.6) is 0 Å². The number of aromatic nitrogens is 3. The molecule has 0 radical (unpaired) electrons. The first kappa shape index (κ1) is 49.8. The summed E-state index contributed by atoms with van der Waals surface area (Å²) in [5.74, 6) is 0. The first-order valence-electron chi connectivity index (χ1n) is 26.9. The van der Waals surface area contributed by atoms with Crippen LogP contribution in [0.15, 0.2) is 303 Å². The highest BCUT2D eigenvalue weighted by Gasteiger charge is 2.42. The van der Waals surface area contributed by atoms with Crippen LogP contribution in [0.3, 0.4) is 0 Å². The zero-order chi connectivity index (χ0) is 52.9. The average Bonchev–Trinajstić information content (AvgIpc) is 4.31. The van der Waals surface area contributed by atoms with Crippen molar-refractivity contribution in [3.63, 3.8) is 0 Å². The second-order valence-electron chi connectivity index (χ2n) is 20.2. The van der Waals surface area contributed by atoms with Gasteiger partial charge in [-0.15, -0.1) is 0 Å². The summed E-state index contributed by atoms with van der Waals surface area (Å²) in [5.41, 5.74) is 13.4. The molecule has 0 unspecified atom stereocenters. The van der Waals surface area contributed by atoms with E-state index in [0.29, 0.717) is 5.46 Å². The molecule has 0 fully saturated rings. The fraction of sp³-hybridized carbons (Fsp3) is 0.0137. The molecule has 2 N–H and O–H groups in total. The lowest BCUT2D eigenvalue weighted by Crippen LogP contribution is -2.74. The lowest BCUT2D eigenvalue weighted by molar-refractivity contribution is 0.426. The molecule has 0 amide bonds. The van der Waals surface area contributed by atoms with Crippen LogP contribution < -0.4 is 26.2 Å². The summed E-state index contributed by atoms with van der Waals surface area (Å²) in [6.07, 6.45) is 0. The van der Waals surface area contributed by atoms with E-state index in [2.05, 4.69) is 268 Å². The molecule has 80 heavy (non-hydrogen) atoms. The van der Waals surface area contributed by atoms with E-state index in [9.17, 15) is 10.0 Å². The van der Waals surface area contributed by atoms with Gasteiger partial charge in [0.2, 0.25) is 0 Å². The number of rotatable bonds is 9. The highest BCUT2D eigenvalue weighted by molar-refractivity contribution is 7.20. The van der Waals surface area contributed by atoms with Crippen LogP contribution in [0.1, 0.15) is 7.43 Å². The van der Waals surface area contributed by atoms with E-state index in [1.165, 1.54) is 86.9 Å². The van der Waals surface area contributed by atoms with E-state index >= 15 is 0 Å². The van der Waals surface area contributed by atoms with E-state index in [4.69, 9.17) is 0 Å². The van der Waals surface area contributed by atoms with Crippen LogP contribution in [0.4, 0.5) is 0 Å². The second-order valence-corrected chi connectivity index (χ2v) is 24.1. The summed E-state index contributed by atoms with van der Waals surface area (Å²) in [4.78, 5) is 0. The minimum Gasteiger partial charge on any atom is -0.423 e. The summed E-state index contributed by atoms with van der Waals surface area (Å²) in [7, 11) is -4.34. The molecule has 15 aromatic rings. The standard InChI is InChI=1S/C54H38N2Si.C18H14BNO2.CH4/c1-5-19-41(20-6-1)55-51-30-15-13-28-47(51)49-37-40(32-34-53(49)55)39-18-17-27-45(36-39)57(43-23-9-3-10-24-43,44-25-11-4-12-26-44)46-33-35-54-50(38-46)48-29-14-16-31-52(48)56(54)42-21-7-2-8-22-42;21-19(22)13-10-11-18-16(12-13)15-8-4-5-9-17(15)20(18)14-6-2-1-3-7-14;/h1-38H;1-12,21-22H;1H4. The topological polar surface area (TPSA) is 55.2 Å². The third-order valence-electron chi connectivity index (χ3n) is 15.9. The number of hydrogen-bond donors (Lipinski definition) is 2. The molecule has 0 saturated heterocycles. The van der Waals surface area contributed by atoms with Gasteiger partial charge in [0.15, 0.2) is 8.07 Å². The van der Waals surface area contributed by atoms with Gasteiger partial charge < -0.3 is 23.7 Å². The lowest BCUT2D eigenvalue weighted by atomic mass is 9.80. The van der Waals surface area contributed by atoms with Crippen molar-refractivity contribution in [3.8, 4) is 28.2 Å². The largest absolute Gasteiger partial charge is 0.488 e. The molecule has 382 valence electrons.